The highest BCUT2D eigenvalue weighted by molar-refractivity contribution is 5.90. The van der Waals surface area contributed by atoms with E-state index in [1.807, 2.05) is 26.0 Å². The maximum absolute atomic E-state index is 13.5. The van der Waals surface area contributed by atoms with Crippen LogP contribution in [0.15, 0.2) is 34.7 Å². The molecule has 0 aliphatic carbocycles. The van der Waals surface area contributed by atoms with Gasteiger partial charge in [0.2, 0.25) is 0 Å². The summed E-state index contributed by atoms with van der Waals surface area (Å²) in [6, 6.07) is 7.87. The van der Waals surface area contributed by atoms with Gasteiger partial charge in [-0.25, -0.2) is 9.18 Å². The fraction of sp³-hybridized carbons (Fsp3) is 0.267. The van der Waals surface area contributed by atoms with Gasteiger partial charge in [-0.1, -0.05) is 0 Å². The van der Waals surface area contributed by atoms with Gasteiger partial charge in [0, 0.05) is 5.69 Å². The summed E-state index contributed by atoms with van der Waals surface area (Å²) in [6.07, 6.45) is 0. The van der Waals surface area contributed by atoms with Crippen LogP contribution < -0.4 is 5.32 Å². The summed E-state index contributed by atoms with van der Waals surface area (Å²) in [5.74, 6) is 0.283. The van der Waals surface area contributed by atoms with Crippen molar-refractivity contribution in [3.8, 4) is 0 Å². The lowest BCUT2D eigenvalue weighted by molar-refractivity contribution is 0.0595. The molecule has 1 atom stereocenters. The number of nitrogens with one attached hydrogen (secondary N) is 1. The van der Waals surface area contributed by atoms with Crippen LogP contribution in [0.3, 0.4) is 0 Å². The quantitative estimate of drug-likeness (QED) is 0.866. The number of esters is 1. The van der Waals surface area contributed by atoms with Crippen molar-refractivity contribution in [3.63, 3.8) is 0 Å². The van der Waals surface area contributed by atoms with Crippen molar-refractivity contribution in [2.24, 2.45) is 0 Å². The molecule has 5 heteroatoms. The number of halogens is 1. The molecule has 0 radical (unpaired) electrons. The fourth-order valence-corrected chi connectivity index (χ4v) is 1.89. The maximum atomic E-state index is 13.5. The number of furan rings is 1. The predicted molar refractivity (Wildman–Crippen MR) is 73.2 cm³/mol. The number of methoxy groups -OCH3 is 1. The minimum Gasteiger partial charge on any atom is -0.465 e. The summed E-state index contributed by atoms with van der Waals surface area (Å²) < 4.78 is 23.6. The number of benzene rings is 1. The lowest BCUT2D eigenvalue weighted by atomic mass is 10.1. The van der Waals surface area contributed by atoms with Crippen molar-refractivity contribution in [1.29, 1.82) is 0 Å². The summed E-state index contributed by atoms with van der Waals surface area (Å²) in [5.41, 5.74) is 0.522. The Bertz CT molecular complexity index is 621. The van der Waals surface area contributed by atoms with Crippen molar-refractivity contribution in [3.05, 3.63) is 53.2 Å². The fourth-order valence-electron chi connectivity index (χ4n) is 1.89. The van der Waals surface area contributed by atoms with Crippen molar-refractivity contribution in [2.75, 3.05) is 12.4 Å². The number of hydrogen-bond donors (Lipinski definition) is 1. The van der Waals surface area contributed by atoms with E-state index in [2.05, 4.69) is 10.1 Å². The van der Waals surface area contributed by atoms with Gasteiger partial charge < -0.3 is 14.5 Å². The normalized spacial score (nSPS) is 12.0. The molecule has 106 valence electrons. The SMILES string of the molecule is COC(=O)c1cc(NC(C)c2ccc(C)o2)ccc1F. The van der Waals surface area contributed by atoms with Gasteiger partial charge in [-0.15, -0.1) is 0 Å². The topological polar surface area (TPSA) is 51.5 Å². The van der Waals surface area contributed by atoms with Crippen LogP contribution >= 0.6 is 0 Å². The first kappa shape index (κ1) is 14.1. The lowest BCUT2D eigenvalue weighted by Gasteiger charge is -2.14. The summed E-state index contributed by atoms with van der Waals surface area (Å²) >= 11 is 0. The van der Waals surface area contributed by atoms with Crippen LogP contribution in [-0.4, -0.2) is 13.1 Å². The summed E-state index contributed by atoms with van der Waals surface area (Å²) in [5, 5.41) is 3.15. The van der Waals surface area contributed by atoms with Crippen LogP contribution in [0.5, 0.6) is 0 Å². The molecule has 0 saturated carbocycles. The molecule has 4 nitrogen and oxygen atoms in total. The van der Waals surface area contributed by atoms with E-state index in [0.29, 0.717) is 5.69 Å². The van der Waals surface area contributed by atoms with Crippen LogP contribution in [-0.2, 0) is 4.74 Å². The zero-order chi connectivity index (χ0) is 14.7. The minimum atomic E-state index is -0.701. The molecule has 0 saturated heterocycles. The van der Waals surface area contributed by atoms with Gasteiger partial charge in [-0.2, -0.15) is 0 Å². The first-order valence-corrected chi connectivity index (χ1v) is 6.22. The Morgan fingerprint density at radius 3 is 2.70 bits per heavy atom. The number of aryl methyl sites for hydroxylation is 1. The number of carbonyl (C=O) groups is 1. The predicted octanol–water partition coefficient (Wildman–Crippen LogP) is 3.69. The van der Waals surface area contributed by atoms with E-state index >= 15 is 0 Å². The molecule has 1 heterocycles. The molecule has 1 aromatic carbocycles. The van der Waals surface area contributed by atoms with E-state index in [9.17, 15) is 9.18 Å². The Kier molecular flexibility index (Phi) is 4.08. The summed E-state index contributed by atoms with van der Waals surface area (Å²) in [7, 11) is 1.22. The minimum absolute atomic E-state index is 0.0969. The van der Waals surface area contributed by atoms with E-state index in [-0.39, 0.29) is 11.6 Å². The van der Waals surface area contributed by atoms with Gasteiger partial charge >= 0.3 is 5.97 Å². The molecule has 1 N–H and O–H groups in total. The molecule has 0 amide bonds. The maximum Gasteiger partial charge on any atom is 0.340 e. The highest BCUT2D eigenvalue weighted by atomic mass is 19.1. The number of rotatable bonds is 4. The van der Waals surface area contributed by atoms with E-state index in [1.54, 1.807) is 6.07 Å². The number of anilines is 1. The zero-order valence-electron chi connectivity index (χ0n) is 11.6. The summed E-state index contributed by atoms with van der Waals surface area (Å²) in [4.78, 5) is 11.4. The van der Waals surface area contributed by atoms with E-state index < -0.39 is 11.8 Å². The monoisotopic (exact) mass is 277 g/mol. The smallest absolute Gasteiger partial charge is 0.340 e. The molecule has 1 aromatic heterocycles. The standard InChI is InChI=1S/C15H16FNO3/c1-9-4-7-14(20-9)10(2)17-11-5-6-13(16)12(8-11)15(18)19-3/h4-8,10,17H,1-3H3. The molecule has 0 aliphatic heterocycles. The van der Waals surface area contributed by atoms with Crippen LogP contribution in [0.25, 0.3) is 0 Å². The third-order valence-electron chi connectivity index (χ3n) is 2.94. The van der Waals surface area contributed by atoms with Gasteiger partial charge in [0.25, 0.3) is 0 Å². The van der Waals surface area contributed by atoms with Crippen molar-refractivity contribution >= 4 is 11.7 Å². The first-order chi connectivity index (χ1) is 9.51. The molecule has 2 rings (SSSR count). The van der Waals surface area contributed by atoms with Gasteiger partial charge in [0.15, 0.2) is 0 Å². The third-order valence-corrected chi connectivity index (χ3v) is 2.94. The number of ether oxygens (including phenoxy) is 1. The number of hydrogen-bond acceptors (Lipinski definition) is 4. The lowest BCUT2D eigenvalue weighted by Crippen LogP contribution is -2.09. The molecule has 0 spiro atoms. The second-order valence-electron chi connectivity index (χ2n) is 4.50. The Balaban J connectivity index is 2.19. The van der Waals surface area contributed by atoms with Crippen LogP contribution in [0, 0.1) is 12.7 Å². The molecule has 1 unspecified atom stereocenters. The highest BCUT2D eigenvalue weighted by Crippen LogP contribution is 2.23. The molecule has 0 aliphatic rings. The zero-order valence-corrected chi connectivity index (χ0v) is 11.6. The Morgan fingerprint density at radius 2 is 2.10 bits per heavy atom. The second kappa shape index (κ2) is 5.77. The molecule has 2 aromatic rings. The number of carbonyl (C=O) groups excluding carboxylic acids is 1. The summed E-state index contributed by atoms with van der Waals surface area (Å²) in [6.45, 7) is 3.78. The average molecular weight is 277 g/mol. The Morgan fingerprint density at radius 1 is 1.35 bits per heavy atom. The van der Waals surface area contributed by atoms with Crippen LogP contribution in [0.2, 0.25) is 0 Å². The molecule has 20 heavy (non-hydrogen) atoms. The van der Waals surface area contributed by atoms with Gasteiger partial charge in [0.1, 0.15) is 17.3 Å². The Labute approximate surface area is 116 Å². The van der Waals surface area contributed by atoms with Gasteiger partial charge in [0.05, 0.1) is 18.7 Å². The Hall–Kier alpha value is -2.30. The van der Waals surface area contributed by atoms with Crippen LogP contribution in [0.1, 0.15) is 34.8 Å². The van der Waals surface area contributed by atoms with E-state index in [0.717, 1.165) is 11.5 Å². The van der Waals surface area contributed by atoms with Crippen molar-refractivity contribution in [2.45, 2.75) is 19.9 Å². The molecule has 0 bridgehead atoms. The van der Waals surface area contributed by atoms with Gasteiger partial charge in [-0.05, 0) is 44.2 Å². The largest absolute Gasteiger partial charge is 0.465 e. The first-order valence-electron chi connectivity index (χ1n) is 6.22. The van der Waals surface area contributed by atoms with Crippen LogP contribution in [0.4, 0.5) is 10.1 Å². The van der Waals surface area contributed by atoms with Crippen molar-refractivity contribution < 1.29 is 18.3 Å². The molecular weight excluding hydrogens is 261 g/mol. The van der Waals surface area contributed by atoms with Crippen molar-refractivity contribution in [1.82, 2.24) is 0 Å². The van der Waals surface area contributed by atoms with E-state index in [4.69, 9.17) is 4.42 Å². The highest BCUT2D eigenvalue weighted by Gasteiger charge is 2.15. The molecule has 0 fully saturated rings. The molecular formula is C15H16FNO3. The van der Waals surface area contributed by atoms with Gasteiger partial charge in [-0.3, -0.25) is 0 Å². The second-order valence-corrected chi connectivity index (χ2v) is 4.50. The third kappa shape index (κ3) is 2.99. The van der Waals surface area contributed by atoms with E-state index in [1.165, 1.54) is 19.2 Å². The average Bonchev–Trinajstić information content (AvgIpc) is 2.87.